The molecular formula is C7H11NO2. The Bertz CT molecular complexity index is 154. The van der Waals surface area contributed by atoms with Gasteiger partial charge in [-0.15, -0.1) is 0 Å². The summed E-state index contributed by atoms with van der Waals surface area (Å²) in [5, 5.41) is 2.67. The molecule has 0 aromatic rings. The van der Waals surface area contributed by atoms with Gasteiger partial charge in [0, 0.05) is 6.54 Å². The fourth-order valence-corrected chi connectivity index (χ4v) is 0.832. The van der Waals surface area contributed by atoms with Gasteiger partial charge in [0.25, 0.3) is 5.91 Å². The van der Waals surface area contributed by atoms with Crippen LogP contribution in [-0.2, 0) is 9.53 Å². The summed E-state index contributed by atoms with van der Waals surface area (Å²) in [6.07, 6.45) is 3.27. The zero-order chi connectivity index (χ0) is 7.40. The van der Waals surface area contributed by atoms with E-state index in [0.29, 0.717) is 13.2 Å². The van der Waals surface area contributed by atoms with Crippen LogP contribution in [0, 0.1) is 0 Å². The third-order valence-corrected chi connectivity index (χ3v) is 1.29. The van der Waals surface area contributed by atoms with Gasteiger partial charge < -0.3 is 10.1 Å². The smallest absolute Gasteiger partial charge is 0.253 e. The summed E-state index contributed by atoms with van der Waals surface area (Å²) in [7, 11) is 0. The van der Waals surface area contributed by atoms with E-state index in [1.54, 1.807) is 6.08 Å². The van der Waals surface area contributed by atoms with Crippen molar-refractivity contribution in [2.24, 2.45) is 0 Å². The largest absolute Gasteiger partial charge is 0.360 e. The van der Waals surface area contributed by atoms with Crippen LogP contribution in [0.5, 0.6) is 0 Å². The normalized spacial score (nSPS) is 23.1. The van der Waals surface area contributed by atoms with Crippen molar-refractivity contribution in [3.8, 4) is 0 Å². The molecule has 56 valence electrons. The van der Waals surface area contributed by atoms with Crippen LogP contribution < -0.4 is 5.32 Å². The molecule has 0 aliphatic carbocycles. The quantitative estimate of drug-likeness (QED) is 0.553. The first-order chi connectivity index (χ1) is 4.84. The number of hydrogen-bond acceptors (Lipinski definition) is 2. The molecule has 0 radical (unpaired) electrons. The molecule has 3 heteroatoms. The topological polar surface area (TPSA) is 38.3 Å². The number of carbonyl (C=O) groups excluding carboxylic acids is 1. The molecule has 0 aromatic heterocycles. The van der Waals surface area contributed by atoms with E-state index in [-0.39, 0.29) is 12.0 Å². The molecule has 1 heterocycles. The van der Waals surface area contributed by atoms with E-state index in [2.05, 4.69) is 5.32 Å². The number of rotatable bonds is 2. The average Bonchev–Trinajstić information content (AvgIpc) is 2.38. The molecule has 1 rings (SSSR count). The Morgan fingerprint density at radius 1 is 1.90 bits per heavy atom. The molecular weight excluding hydrogens is 130 g/mol. The molecule has 3 nitrogen and oxygen atoms in total. The number of likely N-dealkylation sites (N-methyl/N-ethyl adjacent to an activating group) is 1. The first-order valence-electron chi connectivity index (χ1n) is 3.40. The second-order valence-electron chi connectivity index (χ2n) is 2.08. The van der Waals surface area contributed by atoms with Crippen LogP contribution in [0.15, 0.2) is 12.2 Å². The standard InChI is InChI=1S/C7H11NO2/c1-2-8-7(9)6-4-3-5-10-6/h3-4,6H,2,5H2,1H3,(H,8,9). The summed E-state index contributed by atoms with van der Waals surface area (Å²) in [5.41, 5.74) is 0. The van der Waals surface area contributed by atoms with E-state index < -0.39 is 0 Å². The fourth-order valence-electron chi connectivity index (χ4n) is 0.832. The SMILES string of the molecule is CCNC(=O)C1C=CCO1. The van der Waals surface area contributed by atoms with Gasteiger partial charge in [0.1, 0.15) is 0 Å². The predicted octanol–water partition coefficient (Wildman–Crippen LogP) is 0.0775. The Morgan fingerprint density at radius 2 is 2.70 bits per heavy atom. The van der Waals surface area contributed by atoms with Crippen molar-refractivity contribution < 1.29 is 9.53 Å². The summed E-state index contributed by atoms with van der Waals surface area (Å²) in [5.74, 6) is -0.0451. The Kier molecular flexibility index (Phi) is 2.45. The molecule has 1 atom stereocenters. The van der Waals surface area contributed by atoms with Crippen LogP contribution >= 0.6 is 0 Å². The predicted molar refractivity (Wildman–Crippen MR) is 37.6 cm³/mol. The van der Waals surface area contributed by atoms with E-state index >= 15 is 0 Å². The summed E-state index contributed by atoms with van der Waals surface area (Å²) >= 11 is 0. The van der Waals surface area contributed by atoms with E-state index in [1.165, 1.54) is 0 Å². The molecule has 0 bridgehead atoms. The van der Waals surface area contributed by atoms with Crippen LogP contribution in [0.1, 0.15) is 6.92 Å². The molecule has 1 N–H and O–H groups in total. The second kappa shape index (κ2) is 3.37. The maximum absolute atomic E-state index is 11.0. The van der Waals surface area contributed by atoms with Crippen LogP contribution in [0.4, 0.5) is 0 Å². The van der Waals surface area contributed by atoms with E-state index in [9.17, 15) is 4.79 Å². The van der Waals surface area contributed by atoms with Crippen molar-refractivity contribution in [1.82, 2.24) is 5.32 Å². The van der Waals surface area contributed by atoms with Gasteiger partial charge >= 0.3 is 0 Å². The summed E-state index contributed by atoms with van der Waals surface area (Å²) in [4.78, 5) is 11.0. The van der Waals surface area contributed by atoms with Gasteiger partial charge in [0.15, 0.2) is 6.10 Å². The molecule has 10 heavy (non-hydrogen) atoms. The maximum Gasteiger partial charge on any atom is 0.253 e. The van der Waals surface area contributed by atoms with E-state index in [0.717, 1.165) is 0 Å². The van der Waals surface area contributed by atoms with Crippen molar-refractivity contribution in [1.29, 1.82) is 0 Å². The highest BCUT2D eigenvalue weighted by atomic mass is 16.5. The molecule has 1 unspecified atom stereocenters. The van der Waals surface area contributed by atoms with Gasteiger partial charge in [0.05, 0.1) is 6.61 Å². The van der Waals surface area contributed by atoms with Crippen LogP contribution in [-0.4, -0.2) is 25.2 Å². The highest BCUT2D eigenvalue weighted by molar-refractivity contribution is 5.82. The van der Waals surface area contributed by atoms with Crippen molar-refractivity contribution in [3.05, 3.63) is 12.2 Å². The van der Waals surface area contributed by atoms with Gasteiger partial charge in [-0.25, -0.2) is 0 Å². The Balaban J connectivity index is 2.33. The molecule has 1 aliphatic rings. The zero-order valence-electron chi connectivity index (χ0n) is 5.96. The number of carbonyl (C=O) groups is 1. The Morgan fingerprint density at radius 3 is 3.20 bits per heavy atom. The van der Waals surface area contributed by atoms with Crippen LogP contribution in [0.25, 0.3) is 0 Å². The lowest BCUT2D eigenvalue weighted by Crippen LogP contribution is -2.33. The Hall–Kier alpha value is -0.830. The first-order valence-corrected chi connectivity index (χ1v) is 3.40. The van der Waals surface area contributed by atoms with Gasteiger partial charge in [-0.3, -0.25) is 4.79 Å². The summed E-state index contributed by atoms with van der Waals surface area (Å²) in [6.45, 7) is 3.10. The van der Waals surface area contributed by atoms with Gasteiger partial charge in [-0.05, 0) is 13.0 Å². The van der Waals surface area contributed by atoms with Crippen molar-refractivity contribution in [2.45, 2.75) is 13.0 Å². The molecule has 0 spiro atoms. The van der Waals surface area contributed by atoms with Crippen molar-refractivity contribution >= 4 is 5.91 Å². The average molecular weight is 141 g/mol. The number of ether oxygens (including phenoxy) is 1. The van der Waals surface area contributed by atoms with E-state index in [1.807, 2.05) is 13.0 Å². The number of amides is 1. The minimum Gasteiger partial charge on any atom is -0.360 e. The minimum atomic E-state index is -0.347. The van der Waals surface area contributed by atoms with Gasteiger partial charge in [-0.2, -0.15) is 0 Å². The number of nitrogens with one attached hydrogen (secondary N) is 1. The van der Waals surface area contributed by atoms with Crippen molar-refractivity contribution in [3.63, 3.8) is 0 Å². The summed E-state index contributed by atoms with van der Waals surface area (Å²) < 4.78 is 5.04. The zero-order valence-corrected chi connectivity index (χ0v) is 5.96. The highest BCUT2D eigenvalue weighted by Crippen LogP contribution is 2.01. The van der Waals surface area contributed by atoms with E-state index in [4.69, 9.17) is 4.74 Å². The first kappa shape index (κ1) is 7.28. The highest BCUT2D eigenvalue weighted by Gasteiger charge is 2.17. The van der Waals surface area contributed by atoms with Crippen LogP contribution in [0.3, 0.4) is 0 Å². The lowest BCUT2D eigenvalue weighted by molar-refractivity contribution is -0.128. The number of hydrogen-bond donors (Lipinski definition) is 1. The molecule has 0 fully saturated rings. The molecule has 1 amide bonds. The van der Waals surface area contributed by atoms with Crippen molar-refractivity contribution in [2.75, 3.05) is 13.2 Å². The third kappa shape index (κ3) is 1.57. The minimum absolute atomic E-state index is 0.0451. The fraction of sp³-hybridized carbons (Fsp3) is 0.571. The second-order valence-corrected chi connectivity index (χ2v) is 2.08. The lowest BCUT2D eigenvalue weighted by Gasteiger charge is -2.06. The Labute approximate surface area is 60.1 Å². The lowest BCUT2D eigenvalue weighted by atomic mass is 10.3. The molecule has 0 aromatic carbocycles. The molecule has 0 saturated carbocycles. The monoisotopic (exact) mass is 141 g/mol. The molecule has 1 aliphatic heterocycles. The van der Waals surface area contributed by atoms with Gasteiger partial charge in [0.2, 0.25) is 0 Å². The summed E-state index contributed by atoms with van der Waals surface area (Å²) in [6, 6.07) is 0. The van der Waals surface area contributed by atoms with Crippen LogP contribution in [0.2, 0.25) is 0 Å². The third-order valence-electron chi connectivity index (χ3n) is 1.29. The molecule has 0 saturated heterocycles. The maximum atomic E-state index is 11.0. The van der Waals surface area contributed by atoms with Gasteiger partial charge in [-0.1, -0.05) is 6.08 Å².